The van der Waals surface area contributed by atoms with Gasteiger partial charge in [0.2, 0.25) is 5.91 Å². The Morgan fingerprint density at radius 3 is 2.61 bits per heavy atom. The highest BCUT2D eigenvalue weighted by atomic mass is 16.5. The molecule has 158 valence electrons. The Kier molecular flexibility index (Phi) is 6.21. The Morgan fingerprint density at radius 1 is 1.10 bits per heavy atom. The van der Waals surface area contributed by atoms with Gasteiger partial charge in [-0.3, -0.25) is 9.59 Å². The van der Waals surface area contributed by atoms with Crippen molar-refractivity contribution in [2.45, 2.75) is 25.4 Å². The number of nitrogens with zero attached hydrogens (tertiary/aromatic N) is 2. The number of Topliss-reactive ketones (excluding diaryl/α,β-unsaturated/α-hetero) is 1. The van der Waals surface area contributed by atoms with Crippen molar-refractivity contribution in [1.29, 1.82) is 0 Å². The molecule has 0 bridgehead atoms. The topological polar surface area (TPSA) is 90.4 Å². The van der Waals surface area contributed by atoms with Gasteiger partial charge in [-0.15, -0.1) is 0 Å². The predicted octanol–water partition coefficient (Wildman–Crippen LogP) is 3.24. The van der Waals surface area contributed by atoms with E-state index in [0.29, 0.717) is 24.3 Å². The number of benzene rings is 2. The molecule has 0 radical (unpaired) electrons. The molecule has 1 amide bonds. The molecule has 0 aliphatic carbocycles. The number of rotatable bonds is 8. The second kappa shape index (κ2) is 9.38. The molecular weight excluding hydrogens is 394 g/mol. The number of hydrogen-bond acceptors (Lipinski definition) is 6. The normalized spacial score (nSPS) is 14.4. The van der Waals surface area contributed by atoms with Crippen molar-refractivity contribution in [2.75, 3.05) is 13.7 Å². The van der Waals surface area contributed by atoms with Crippen LogP contribution in [0.1, 0.15) is 28.8 Å². The van der Waals surface area contributed by atoms with Crippen molar-refractivity contribution in [3.63, 3.8) is 0 Å². The maximum atomic E-state index is 12.3. The lowest BCUT2D eigenvalue weighted by Gasteiger charge is -2.13. The van der Waals surface area contributed by atoms with Crippen LogP contribution in [-0.4, -0.2) is 41.4 Å². The first kappa shape index (κ1) is 20.5. The zero-order valence-electron chi connectivity index (χ0n) is 17.2. The van der Waals surface area contributed by atoms with Crippen LogP contribution in [0, 0.1) is 0 Å². The van der Waals surface area contributed by atoms with Crippen LogP contribution in [0.3, 0.4) is 0 Å². The van der Waals surface area contributed by atoms with Crippen molar-refractivity contribution < 1.29 is 19.1 Å². The van der Waals surface area contributed by atoms with Gasteiger partial charge >= 0.3 is 0 Å². The third-order valence-corrected chi connectivity index (χ3v) is 5.22. The molecule has 1 aliphatic rings. The van der Waals surface area contributed by atoms with Gasteiger partial charge in [-0.05, 0) is 29.8 Å². The van der Waals surface area contributed by atoms with Crippen LogP contribution in [-0.2, 0) is 11.2 Å². The molecule has 0 fully saturated rings. The third-order valence-electron chi connectivity index (χ3n) is 5.22. The van der Waals surface area contributed by atoms with Gasteiger partial charge in [0.05, 0.1) is 13.7 Å². The molecular formula is C24H23N3O4. The van der Waals surface area contributed by atoms with E-state index in [1.54, 1.807) is 43.8 Å². The first-order valence-electron chi connectivity index (χ1n) is 10.1. The Morgan fingerprint density at radius 2 is 1.87 bits per heavy atom. The Labute approximate surface area is 180 Å². The van der Waals surface area contributed by atoms with E-state index in [4.69, 9.17) is 9.47 Å². The molecule has 3 aromatic rings. The highest BCUT2D eigenvalue weighted by molar-refractivity contribution is 5.98. The number of aromatic nitrogens is 2. The predicted molar refractivity (Wildman–Crippen MR) is 115 cm³/mol. The molecule has 1 aliphatic heterocycles. The van der Waals surface area contributed by atoms with Crippen LogP contribution in [0.15, 0.2) is 61.2 Å². The first-order valence-corrected chi connectivity index (χ1v) is 10.1. The number of carbonyl (C=O) groups is 2. The summed E-state index contributed by atoms with van der Waals surface area (Å²) in [5.74, 6) is 1.26. The largest absolute Gasteiger partial charge is 0.497 e. The van der Waals surface area contributed by atoms with Crippen molar-refractivity contribution in [3.05, 3.63) is 72.3 Å². The Bertz CT molecular complexity index is 1070. The maximum absolute atomic E-state index is 12.3. The van der Waals surface area contributed by atoms with Gasteiger partial charge in [-0.1, -0.05) is 18.2 Å². The van der Waals surface area contributed by atoms with Crippen molar-refractivity contribution in [1.82, 2.24) is 15.3 Å². The zero-order valence-corrected chi connectivity index (χ0v) is 17.2. The summed E-state index contributed by atoms with van der Waals surface area (Å²) < 4.78 is 11.2. The van der Waals surface area contributed by atoms with Crippen LogP contribution in [0.2, 0.25) is 0 Å². The van der Waals surface area contributed by atoms with E-state index in [-0.39, 0.29) is 30.6 Å². The monoisotopic (exact) mass is 417 g/mol. The molecule has 1 aromatic heterocycles. The van der Waals surface area contributed by atoms with E-state index >= 15 is 0 Å². The minimum Gasteiger partial charge on any atom is -0.497 e. The number of fused-ring (bicyclic) bond motifs is 1. The van der Waals surface area contributed by atoms with Crippen LogP contribution in [0.5, 0.6) is 11.5 Å². The van der Waals surface area contributed by atoms with Crippen LogP contribution in [0.25, 0.3) is 11.1 Å². The van der Waals surface area contributed by atoms with Crippen molar-refractivity contribution in [2.24, 2.45) is 0 Å². The SMILES string of the molecule is COc1ccc(C(=O)CCC(=O)NC[C@@H]2Cc3cccc(-c4cncnc4)c3O2)cc1. The lowest BCUT2D eigenvalue weighted by Crippen LogP contribution is -2.34. The standard InChI is InChI=1S/C24H23N3O4/c1-30-19-7-5-16(6-8-19)22(28)9-10-23(29)27-14-20-11-17-3-2-4-21(24(17)31-20)18-12-25-15-26-13-18/h2-8,12-13,15,20H,9-11,14H2,1H3,(H,27,29)/t20-/m0/s1. The highest BCUT2D eigenvalue weighted by Crippen LogP contribution is 2.38. The molecule has 31 heavy (non-hydrogen) atoms. The molecule has 0 saturated heterocycles. The summed E-state index contributed by atoms with van der Waals surface area (Å²) >= 11 is 0. The van der Waals surface area contributed by atoms with E-state index in [2.05, 4.69) is 15.3 Å². The number of amides is 1. The number of para-hydroxylation sites is 1. The molecule has 0 saturated carbocycles. The highest BCUT2D eigenvalue weighted by Gasteiger charge is 2.26. The number of methoxy groups -OCH3 is 1. The summed E-state index contributed by atoms with van der Waals surface area (Å²) in [6, 6.07) is 12.9. The van der Waals surface area contributed by atoms with Crippen LogP contribution in [0.4, 0.5) is 0 Å². The van der Waals surface area contributed by atoms with Gasteiger partial charge < -0.3 is 14.8 Å². The van der Waals surface area contributed by atoms with Crippen molar-refractivity contribution in [3.8, 4) is 22.6 Å². The molecule has 1 atom stereocenters. The zero-order chi connectivity index (χ0) is 21.6. The van der Waals surface area contributed by atoms with Gasteiger partial charge in [-0.25, -0.2) is 9.97 Å². The van der Waals surface area contributed by atoms with E-state index in [0.717, 1.165) is 22.4 Å². The molecule has 1 N–H and O–H groups in total. The Hall–Kier alpha value is -3.74. The summed E-state index contributed by atoms with van der Waals surface area (Å²) in [5.41, 5.74) is 3.49. The third kappa shape index (κ3) is 4.88. The maximum Gasteiger partial charge on any atom is 0.220 e. The number of nitrogens with one attached hydrogen (secondary N) is 1. The average Bonchev–Trinajstić information content (AvgIpc) is 3.25. The van der Waals surface area contributed by atoms with E-state index in [1.807, 2.05) is 18.2 Å². The van der Waals surface area contributed by atoms with Gasteiger partial charge in [0.1, 0.15) is 23.9 Å². The smallest absolute Gasteiger partial charge is 0.220 e. The quantitative estimate of drug-likeness (QED) is 0.566. The summed E-state index contributed by atoms with van der Waals surface area (Å²) in [5, 5.41) is 2.88. The van der Waals surface area contributed by atoms with Gasteiger partial charge in [0, 0.05) is 48.3 Å². The summed E-state index contributed by atoms with van der Waals surface area (Å²) in [4.78, 5) is 32.7. The molecule has 2 heterocycles. The fraction of sp³-hybridized carbons (Fsp3) is 0.250. The number of ether oxygens (including phenoxy) is 2. The lowest BCUT2D eigenvalue weighted by molar-refractivity contribution is -0.121. The summed E-state index contributed by atoms with van der Waals surface area (Å²) in [6.45, 7) is 0.384. The first-order chi connectivity index (χ1) is 15.1. The van der Waals surface area contributed by atoms with Crippen LogP contribution < -0.4 is 14.8 Å². The lowest BCUT2D eigenvalue weighted by atomic mass is 10.0. The molecule has 0 spiro atoms. The number of carbonyl (C=O) groups excluding carboxylic acids is 2. The summed E-state index contributed by atoms with van der Waals surface area (Å²) in [7, 11) is 1.57. The van der Waals surface area contributed by atoms with E-state index in [9.17, 15) is 9.59 Å². The van der Waals surface area contributed by atoms with E-state index < -0.39 is 0 Å². The number of hydrogen-bond donors (Lipinski definition) is 1. The second-order valence-electron chi connectivity index (χ2n) is 7.32. The molecule has 7 heteroatoms. The van der Waals surface area contributed by atoms with Crippen LogP contribution >= 0.6 is 0 Å². The average molecular weight is 417 g/mol. The van der Waals surface area contributed by atoms with Gasteiger partial charge in [-0.2, -0.15) is 0 Å². The number of ketones is 1. The fourth-order valence-corrected chi connectivity index (χ4v) is 3.58. The molecule has 0 unspecified atom stereocenters. The molecule has 7 nitrogen and oxygen atoms in total. The minimum absolute atomic E-state index is 0.0722. The van der Waals surface area contributed by atoms with Gasteiger partial charge in [0.25, 0.3) is 0 Å². The van der Waals surface area contributed by atoms with Gasteiger partial charge in [0.15, 0.2) is 5.78 Å². The van der Waals surface area contributed by atoms with E-state index in [1.165, 1.54) is 6.33 Å². The molecule has 4 rings (SSSR count). The molecule has 2 aromatic carbocycles. The fourth-order valence-electron chi connectivity index (χ4n) is 3.58. The second-order valence-corrected chi connectivity index (χ2v) is 7.32. The van der Waals surface area contributed by atoms with Crippen molar-refractivity contribution >= 4 is 11.7 Å². The summed E-state index contributed by atoms with van der Waals surface area (Å²) in [6.07, 6.45) is 5.84. The Balaban J connectivity index is 1.28. The minimum atomic E-state index is -0.168.